The van der Waals surface area contributed by atoms with Gasteiger partial charge in [-0.05, 0) is 83.3 Å². The van der Waals surface area contributed by atoms with Crippen LogP contribution in [0.2, 0.25) is 0 Å². The molecule has 1 aromatic heterocycles. The first-order valence-corrected chi connectivity index (χ1v) is 14.7. The summed E-state index contributed by atoms with van der Waals surface area (Å²) in [5, 5.41) is -3.90. The fraction of sp³-hybridized carbons (Fsp3) is 0. The first-order valence-electron chi connectivity index (χ1n) is 27.7. The molecule has 0 fully saturated rings. The lowest BCUT2D eigenvalue weighted by molar-refractivity contribution is 0.670. The Morgan fingerprint density at radius 3 is 1.69 bits per heavy atom. The van der Waals surface area contributed by atoms with Crippen LogP contribution in [0, 0.1) is 0 Å². The van der Waals surface area contributed by atoms with Crippen LogP contribution in [-0.2, 0) is 0 Å². The van der Waals surface area contributed by atoms with E-state index in [0.717, 1.165) is 0 Å². The molecule has 0 N–H and O–H groups in total. The molecule has 0 aliphatic heterocycles. The van der Waals surface area contributed by atoms with E-state index in [-0.39, 0.29) is 22.3 Å². The van der Waals surface area contributed by atoms with Crippen molar-refractivity contribution < 1.29 is 40.1 Å². The molecule has 0 aliphatic rings. The van der Waals surface area contributed by atoms with Gasteiger partial charge >= 0.3 is 0 Å². The van der Waals surface area contributed by atoms with Crippen LogP contribution < -0.4 is 0 Å². The lowest BCUT2D eigenvalue weighted by atomic mass is 9.83. The minimum absolute atomic E-state index is 0.164. The molecule has 10 rings (SSSR count). The fourth-order valence-electron chi connectivity index (χ4n) is 6.18. The number of furan rings is 1. The molecule has 0 unspecified atom stereocenters. The van der Waals surface area contributed by atoms with Crippen molar-refractivity contribution in [3.05, 3.63) is 181 Å². The van der Waals surface area contributed by atoms with E-state index in [0.29, 0.717) is 0 Å². The third-order valence-electron chi connectivity index (χ3n) is 8.21. The van der Waals surface area contributed by atoms with Gasteiger partial charge in [0.05, 0.1) is 35.6 Å². The largest absolute Gasteiger partial charge is 0.455 e. The summed E-state index contributed by atoms with van der Waals surface area (Å²) >= 11 is 0. The Balaban J connectivity index is 1.42. The maximum atomic E-state index is 9.66. The van der Waals surface area contributed by atoms with Crippen molar-refractivity contribution >= 4 is 54.3 Å². The van der Waals surface area contributed by atoms with Crippen molar-refractivity contribution in [2.75, 3.05) is 0 Å². The van der Waals surface area contributed by atoms with E-state index in [9.17, 15) is 13.7 Å². The summed E-state index contributed by atoms with van der Waals surface area (Å²) < 4.78 is 239. The maximum absolute atomic E-state index is 9.66. The SMILES string of the molecule is [2H]c1c([2H])c([2H])c(-c2c3c([2H])c([2H])c([2H])c([2H])c3c(-c3ccccc3-c3c([2H])c([2H])c([2H])c4c3oc3c([2H])c([2H])c(-c5c([2H])c([2H])c([2H])c6c([2H])c([2H])c([2H])c([2H])c56)c([2H])c34)c3c([2H])c([2H])c([2H])c([2H])c23)c([2H])c1[2H]. The van der Waals surface area contributed by atoms with Crippen LogP contribution in [-0.4, -0.2) is 0 Å². The highest BCUT2D eigenvalue weighted by molar-refractivity contribution is 6.23. The molecule has 1 nitrogen and oxygen atoms in total. The normalized spacial score (nSPS) is 19.1. The molecule has 0 radical (unpaired) electrons. The number of hydrogen-bond donors (Lipinski definition) is 0. The van der Waals surface area contributed by atoms with Gasteiger partial charge in [-0.2, -0.15) is 0 Å². The minimum atomic E-state index is -0.868. The van der Waals surface area contributed by atoms with Crippen LogP contribution in [0.3, 0.4) is 0 Å². The van der Waals surface area contributed by atoms with Gasteiger partial charge in [-0.1, -0.05) is 169 Å². The Kier molecular flexibility index (Phi) is 2.76. The zero-order chi connectivity index (χ0) is 54.9. The topological polar surface area (TPSA) is 13.1 Å². The van der Waals surface area contributed by atoms with E-state index in [1.165, 1.54) is 24.3 Å². The van der Waals surface area contributed by atoms with Crippen LogP contribution in [0.1, 0.15) is 35.6 Å². The van der Waals surface area contributed by atoms with Crippen molar-refractivity contribution in [3.63, 3.8) is 0 Å². The Hall–Kier alpha value is -6.44. The number of fused-ring (bicyclic) bond motifs is 6. The van der Waals surface area contributed by atoms with Crippen molar-refractivity contribution in [1.29, 1.82) is 0 Å². The van der Waals surface area contributed by atoms with Gasteiger partial charge in [-0.15, -0.1) is 0 Å². The van der Waals surface area contributed by atoms with Gasteiger partial charge in [-0.3, -0.25) is 0 Å². The monoisotopic (exact) mass is 648 g/mol. The predicted molar refractivity (Wildman–Crippen MR) is 208 cm³/mol. The highest BCUT2D eigenvalue weighted by Crippen LogP contribution is 2.47. The summed E-state index contributed by atoms with van der Waals surface area (Å²) in [5.41, 5.74) is -4.52. The molecule has 228 valence electrons. The van der Waals surface area contributed by atoms with Crippen molar-refractivity contribution in [2.45, 2.75) is 0 Å². The molecule has 0 atom stereocenters. The molecule has 0 bridgehead atoms. The minimum Gasteiger partial charge on any atom is -0.455 e. The molecule has 0 amide bonds. The number of hydrogen-bond acceptors (Lipinski definition) is 1. The molecular formula is C48H30O. The summed E-state index contributed by atoms with van der Waals surface area (Å²) in [5.74, 6) is 0. The molecule has 9 aromatic carbocycles. The summed E-state index contributed by atoms with van der Waals surface area (Å²) in [6.45, 7) is 0. The number of para-hydroxylation sites is 1. The molecule has 1 heterocycles. The van der Waals surface area contributed by atoms with E-state index in [1.807, 2.05) is 0 Å². The quantitative estimate of drug-likeness (QED) is 0.173. The van der Waals surface area contributed by atoms with Crippen LogP contribution in [0.25, 0.3) is 98.8 Å². The van der Waals surface area contributed by atoms with E-state index >= 15 is 0 Å². The molecule has 0 saturated carbocycles. The summed E-state index contributed by atoms with van der Waals surface area (Å²) in [6.07, 6.45) is 0. The van der Waals surface area contributed by atoms with E-state index in [2.05, 4.69) is 0 Å². The van der Waals surface area contributed by atoms with Crippen molar-refractivity contribution in [1.82, 2.24) is 0 Å². The Labute approximate surface area is 320 Å². The standard InChI is InChI=1S/C48H30O/c1-2-15-32(16-3-1)46-38-21-8-10-23-40(38)47(41-24-11-9-22-39(41)46)37-20-7-6-19-36(37)42-26-13-27-43-44-30-33(28-29-45(44)49-48(42)43)35-25-12-17-31-14-4-5-18-34(31)35/h1-30H/i1D,2D,3D,4D,5D,8D,9D,10D,11D,12D,13D,14D,15D,16D,17D,18D,21D,22D,23D,24D,25D,26D,27D,28D,29D,30D. The second-order valence-corrected chi connectivity index (χ2v) is 10.8. The highest BCUT2D eigenvalue weighted by atomic mass is 16.3. The second kappa shape index (κ2) is 11.1. The fourth-order valence-corrected chi connectivity index (χ4v) is 6.18. The molecule has 10 aromatic rings. The molecule has 0 spiro atoms. The first-order chi connectivity index (χ1) is 35.1. The Bertz CT molecular complexity index is 4250. The third-order valence-corrected chi connectivity index (χ3v) is 8.21. The van der Waals surface area contributed by atoms with Crippen molar-refractivity contribution in [3.8, 4) is 44.5 Å². The predicted octanol–water partition coefficient (Wildman–Crippen LogP) is 13.7. The zero-order valence-corrected chi connectivity index (χ0v) is 24.7. The zero-order valence-electron chi connectivity index (χ0n) is 50.7. The summed E-state index contributed by atoms with van der Waals surface area (Å²) in [6, 6.07) is -15.8. The lowest BCUT2D eigenvalue weighted by Crippen LogP contribution is -1.92. The molecule has 0 aliphatic carbocycles. The lowest BCUT2D eigenvalue weighted by Gasteiger charge is -2.19. The van der Waals surface area contributed by atoms with Gasteiger partial charge < -0.3 is 4.42 Å². The van der Waals surface area contributed by atoms with Gasteiger partial charge in [0.15, 0.2) is 0 Å². The van der Waals surface area contributed by atoms with Crippen LogP contribution in [0.15, 0.2) is 186 Å². The van der Waals surface area contributed by atoms with Gasteiger partial charge in [0.25, 0.3) is 0 Å². The van der Waals surface area contributed by atoms with Gasteiger partial charge in [-0.25, -0.2) is 0 Å². The summed E-state index contributed by atoms with van der Waals surface area (Å²) in [7, 11) is 0. The van der Waals surface area contributed by atoms with Crippen molar-refractivity contribution in [2.24, 2.45) is 0 Å². The first kappa shape index (κ1) is 12.2. The number of benzene rings is 9. The van der Waals surface area contributed by atoms with E-state index in [4.69, 9.17) is 26.3 Å². The van der Waals surface area contributed by atoms with E-state index < -0.39 is 234 Å². The average Bonchev–Trinajstić information content (AvgIpc) is 3.84. The Morgan fingerprint density at radius 2 is 0.939 bits per heavy atom. The summed E-state index contributed by atoms with van der Waals surface area (Å²) in [4.78, 5) is 0. The maximum Gasteiger partial charge on any atom is 0.143 e. The smallest absolute Gasteiger partial charge is 0.143 e. The van der Waals surface area contributed by atoms with Gasteiger partial charge in [0, 0.05) is 16.3 Å². The average molecular weight is 649 g/mol. The highest BCUT2D eigenvalue weighted by Gasteiger charge is 2.21. The molecular weight excluding hydrogens is 593 g/mol. The number of rotatable bonds is 4. The van der Waals surface area contributed by atoms with Crippen LogP contribution >= 0.6 is 0 Å². The second-order valence-electron chi connectivity index (χ2n) is 10.8. The molecule has 49 heavy (non-hydrogen) atoms. The Morgan fingerprint density at radius 1 is 0.367 bits per heavy atom. The third kappa shape index (κ3) is 4.33. The molecule has 0 saturated heterocycles. The van der Waals surface area contributed by atoms with Gasteiger partial charge in [0.1, 0.15) is 11.2 Å². The van der Waals surface area contributed by atoms with Crippen LogP contribution in [0.5, 0.6) is 0 Å². The molecule has 1 heteroatoms. The van der Waals surface area contributed by atoms with Gasteiger partial charge in [0.2, 0.25) is 0 Å². The van der Waals surface area contributed by atoms with Crippen LogP contribution in [0.4, 0.5) is 0 Å². The van der Waals surface area contributed by atoms with E-state index in [1.54, 1.807) is 0 Å².